The number of hydrogen-bond acceptors (Lipinski definition) is 6. The van der Waals surface area contributed by atoms with E-state index in [1.165, 1.54) is 11.8 Å². The van der Waals surface area contributed by atoms with E-state index >= 15 is 0 Å². The summed E-state index contributed by atoms with van der Waals surface area (Å²) in [6.45, 7) is 1.77. The molecule has 0 spiro atoms. The highest BCUT2D eigenvalue weighted by molar-refractivity contribution is 7.98. The van der Waals surface area contributed by atoms with E-state index in [1.54, 1.807) is 19.1 Å². The van der Waals surface area contributed by atoms with Gasteiger partial charge in [-0.05, 0) is 18.6 Å². The van der Waals surface area contributed by atoms with E-state index in [0.29, 0.717) is 22.2 Å². The van der Waals surface area contributed by atoms with Gasteiger partial charge in [-0.1, -0.05) is 30.0 Å². The molecule has 1 N–H and O–H groups in total. The van der Waals surface area contributed by atoms with Gasteiger partial charge >= 0.3 is 0 Å². The van der Waals surface area contributed by atoms with Crippen molar-refractivity contribution in [3.05, 3.63) is 47.2 Å². The van der Waals surface area contributed by atoms with E-state index in [1.807, 2.05) is 18.2 Å². The third kappa shape index (κ3) is 4.72. The number of rotatable bonds is 5. The van der Waals surface area contributed by atoms with Crippen LogP contribution in [0.25, 0.3) is 0 Å². The van der Waals surface area contributed by atoms with Crippen molar-refractivity contribution in [2.75, 3.05) is 11.0 Å². The molecule has 0 amide bonds. The van der Waals surface area contributed by atoms with Crippen LogP contribution in [0.1, 0.15) is 16.8 Å². The summed E-state index contributed by atoms with van der Waals surface area (Å²) in [5.74, 6) is 0.775. The summed E-state index contributed by atoms with van der Waals surface area (Å²) in [5, 5.41) is 9.52. The Balaban J connectivity index is 2.18. The van der Waals surface area contributed by atoms with Crippen LogP contribution >= 0.6 is 11.8 Å². The topological polar surface area (TPSA) is 95.7 Å². The minimum atomic E-state index is -3.38. The molecule has 22 heavy (non-hydrogen) atoms. The number of aryl methyl sites for hydroxylation is 1. The van der Waals surface area contributed by atoms with E-state index in [4.69, 9.17) is 5.26 Å². The Bertz CT molecular complexity index is 829. The molecule has 1 aromatic carbocycles. The molecule has 6 nitrogen and oxygen atoms in total. The van der Waals surface area contributed by atoms with Gasteiger partial charge in [-0.15, -0.1) is 0 Å². The van der Waals surface area contributed by atoms with Gasteiger partial charge in [0.25, 0.3) is 0 Å². The highest BCUT2D eigenvalue weighted by Gasteiger charge is 2.09. The van der Waals surface area contributed by atoms with Crippen LogP contribution in [0.3, 0.4) is 0 Å². The van der Waals surface area contributed by atoms with Gasteiger partial charge in [-0.2, -0.15) is 5.26 Å². The lowest BCUT2D eigenvalue weighted by molar-refractivity contribution is 0.606. The highest BCUT2D eigenvalue weighted by atomic mass is 32.2. The lowest BCUT2D eigenvalue weighted by atomic mass is 10.1. The Hall–Kier alpha value is -2.11. The molecule has 0 bridgehead atoms. The molecule has 0 saturated heterocycles. The number of anilines is 1. The molecule has 2 rings (SSSR count). The zero-order valence-electron chi connectivity index (χ0n) is 12.1. The Morgan fingerprint density at radius 3 is 2.73 bits per heavy atom. The van der Waals surface area contributed by atoms with Gasteiger partial charge < -0.3 is 0 Å². The zero-order valence-corrected chi connectivity index (χ0v) is 13.7. The summed E-state index contributed by atoms with van der Waals surface area (Å²) < 4.78 is 24.9. The number of thioether (sulfide) groups is 1. The predicted molar refractivity (Wildman–Crippen MR) is 86.0 cm³/mol. The van der Waals surface area contributed by atoms with Crippen molar-refractivity contribution in [2.24, 2.45) is 0 Å². The molecule has 0 saturated carbocycles. The Labute approximate surface area is 133 Å². The number of nitriles is 1. The SMILES string of the molecule is Cc1cc(NS(C)(=O)=O)nc(SCc2ccccc2C#N)n1. The summed E-state index contributed by atoms with van der Waals surface area (Å²) in [7, 11) is -3.38. The van der Waals surface area contributed by atoms with Crippen LogP contribution in [0.15, 0.2) is 35.5 Å². The van der Waals surface area contributed by atoms with Crippen LogP contribution in [0.4, 0.5) is 5.82 Å². The van der Waals surface area contributed by atoms with Gasteiger partial charge in [0.2, 0.25) is 10.0 Å². The molecule has 2 aromatic rings. The molecular formula is C14H14N4O2S2. The third-order valence-electron chi connectivity index (χ3n) is 2.62. The van der Waals surface area contributed by atoms with Gasteiger partial charge in [0.15, 0.2) is 5.16 Å². The number of nitrogens with zero attached hydrogens (tertiary/aromatic N) is 3. The largest absolute Gasteiger partial charge is 0.267 e. The Morgan fingerprint density at radius 1 is 1.32 bits per heavy atom. The second-order valence-electron chi connectivity index (χ2n) is 4.61. The van der Waals surface area contributed by atoms with Crippen LogP contribution in [0.5, 0.6) is 0 Å². The standard InChI is InChI=1S/C14H14N4O2S2/c1-10-7-13(18-22(2,19)20)17-14(16-10)21-9-12-6-4-3-5-11(12)8-15/h3-7H,9H2,1-2H3,(H,16,17,18). The second kappa shape index (κ2) is 6.77. The van der Waals surface area contributed by atoms with Gasteiger partial charge in [-0.25, -0.2) is 18.4 Å². The predicted octanol–water partition coefficient (Wildman–Crippen LogP) is 2.32. The van der Waals surface area contributed by atoms with Crippen molar-refractivity contribution in [2.45, 2.75) is 17.8 Å². The molecule has 0 fully saturated rings. The molecule has 0 aliphatic carbocycles. The number of hydrogen-bond donors (Lipinski definition) is 1. The summed E-state index contributed by atoms with van der Waals surface area (Å²) >= 11 is 1.35. The summed E-state index contributed by atoms with van der Waals surface area (Å²) in [6, 6.07) is 11.0. The van der Waals surface area contributed by atoms with Crippen molar-refractivity contribution in [3.63, 3.8) is 0 Å². The maximum Gasteiger partial charge on any atom is 0.230 e. The lowest BCUT2D eigenvalue weighted by Gasteiger charge is -2.07. The van der Waals surface area contributed by atoms with Gasteiger partial charge in [0.05, 0.1) is 17.9 Å². The quantitative estimate of drug-likeness (QED) is 0.666. The first kappa shape index (κ1) is 16.3. The van der Waals surface area contributed by atoms with Crippen LogP contribution in [0, 0.1) is 18.3 Å². The molecule has 0 aliphatic heterocycles. The van der Waals surface area contributed by atoms with Crippen LogP contribution in [0.2, 0.25) is 0 Å². The monoisotopic (exact) mass is 334 g/mol. The van der Waals surface area contributed by atoms with E-state index < -0.39 is 10.0 Å². The van der Waals surface area contributed by atoms with Gasteiger partial charge in [-0.3, -0.25) is 4.72 Å². The average molecular weight is 334 g/mol. The van der Waals surface area contributed by atoms with Crippen molar-refractivity contribution in [3.8, 4) is 6.07 Å². The molecule has 0 unspecified atom stereocenters. The Morgan fingerprint density at radius 2 is 2.05 bits per heavy atom. The van der Waals surface area contributed by atoms with Gasteiger partial charge in [0.1, 0.15) is 5.82 Å². The number of aromatic nitrogens is 2. The Kier molecular flexibility index (Phi) is 5.00. The van der Waals surface area contributed by atoms with Crippen LogP contribution < -0.4 is 4.72 Å². The first-order valence-electron chi connectivity index (χ1n) is 6.31. The van der Waals surface area contributed by atoms with Crippen molar-refractivity contribution < 1.29 is 8.42 Å². The van der Waals surface area contributed by atoms with Crippen LogP contribution in [-0.2, 0) is 15.8 Å². The van der Waals surface area contributed by atoms with Crippen LogP contribution in [-0.4, -0.2) is 24.6 Å². The molecule has 8 heteroatoms. The minimum Gasteiger partial charge on any atom is -0.267 e. The molecule has 0 atom stereocenters. The van der Waals surface area contributed by atoms with Crippen molar-refractivity contribution >= 4 is 27.6 Å². The lowest BCUT2D eigenvalue weighted by Crippen LogP contribution is -2.11. The number of nitrogens with one attached hydrogen (secondary N) is 1. The maximum atomic E-state index is 11.3. The molecule has 1 heterocycles. The fourth-order valence-corrected chi connectivity index (χ4v) is 3.14. The molecule has 0 aliphatic rings. The zero-order chi connectivity index (χ0) is 16.2. The molecule has 1 aromatic heterocycles. The normalized spacial score (nSPS) is 11.0. The highest BCUT2D eigenvalue weighted by Crippen LogP contribution is 2.23. The molecule has 0 radical (unpaired) electrons. The average Bonchev–Trinajstić information content (AvgIpc) is 2.43. The maximum absolute atomic E-state index is 11.3. The smallest absolute Gasteiger partial charge is 0.230 e. The number of benzene rings is 1. The second-order valence-corrected chi connectivity index (χ2v) is 7.30. The van der Waals surface area contributed by atoms with Crippen molar-refractivity contribution in [1.82, 2.24) is 9.97 Å². The first-order chi connectivity index (χ1) is 10.4. The summed E-state index contributed by atoms with van der Waals surface area (Å²) in [6.07, 6.45) is 1.07. The van der Waals surface area contributed by atoms with Crippen molar-refractivity contribution in [1.29, 1.82) is 5.26 Å². The third-order valence-corrected chi connectivity index (χ3v) is 4.09. The van der Waals surface area contributed by atoms with E-state index in [-0.39, 0.29) is 5.82 Å². The van der Waals surface area contributed by atoms with E-state index in [2.05, 4.69) is 20.8 Å². The molecule has 114 valence electrons. The first-order valence-corrected chi connectivity index (χ1v) is 9.19. The summed E-state index contributed by atoms with van der Waals surface area (Å²) in [4.78, 5) is 8.44. The minimum absolute atomic E-state index is 0.242. The fraction of sp³-hybridized carbons (Fsp3) is 0.214. The van der Waals surface area contributed by atoms with Gasteiger partial charge in [0, 0.05) is 17.5 Å². The number of sulfonamides is 1. The van der Waals surface area contributed by atoms with E-state index in [0.717, 1.165) is 11.8 Å². The molecular weight excluding hydrogens is 320 g/mol. The summed E-state index contributed by atoms with van der Waals surface area (Å²) in [5.41, 5.74) is 2.16. The fourth-order valence-electron chi connectivity index (χ4n) is 1.75. The van der Waals surface area contributed by atoms with E-state index in [9.17, 15) is 8.42 Å².